The number of nitrogens with one attached hydrogen (secondary N) is 2. The highest BCUT2D eigenvalue weighted by Gasteiger charge is 2.56. The molecule has 1 aromatic rings. The van der Waals surface area contributed by atoms with Gasteiger partial charge in [-0.2, -0.15) is 4.98 Å². The first-order chi connectivity index (χ1) is 11.5. The summed E-state index contributed by atoms with van der Waals surface area (Å²) in [6.45, 7) is 9.40. The van der Waals surface area contributed by atoms with Crippen LogP contribution in [0.2, 0.25) is 0 Å². The van der Waals surface area contributed by atoms with Gasteiger partial charge in [0.1, 0.15) is 5.82 Å². The number of hydrogen-bond donors (Lipinski definition) is 2. The lowest BCUT2D eigenvalue weighted by molar-refractivity contribution is -0.105. The fourth-order valence-corrected chi connectivity index (χ4v) is 5.31. The van der Waals surface area contributed by atoms with Gasteiger partial charge >= 0.3 is 0 Å². The minimum absolute atomic E-state index is 0.515. The van der Waals surface area contributed by atoms with Crippen molar-refractivity contribution in [1.29, 1.82) is 0 Å². The Morgan fingerprint density at radius 1 is 1.29 bits per heavy atom. The number of nitrogens with zero attached hydrogens (tertiary/aromatic N) is 3. The molecular formula is C19H31N5. The molecule has 5 atom stereocenters. The molecule has 2 heterocycles. The van der Waals surface area contributed by atoms with Gasteiger partial charge < -0.3 is 15.5 Å². The van der Waals surface area contributed by atoms with Crippen LogP contribution >= 0.6 is 0 Å². The fourth-order valence-electron chi connectivity index (χ4n) is 5.31. The average molecular weight is 329 g/mol. The zero-order chi connectivity index (χ0) is 16.9. The van der Waals surface area contributed by atoms with E-state index in [9.17, 15) is 0 Å². The Morgan fingerprint density at radius 2 is 2.12 bits per heavy atom. The van der Waals surface area contributed by atoms with E-state index in [-0.39, 0.29) is 0 Å². The second-order valence-electron chi connectivity index (χ2n) is 8.66. The van der Waals surface area contributed by atoms with Crippen LogP contribution in [-0.2, 0) is 0 Å². The zero-order valence-corrected chi connectivity index (χ0v) is 15.4. The van der Waals surface area contributed by atoms with Crippen molar-refractivity contribution in [3.8, 4) is 0 Å². The molecule has 132 valence electrons. The predicted molar refractivity (Wildman–Crippen MR) is 98.3 cm³/mol. The van der Waals surface area contributed by atoms with E-state index < -0.39 is 0 Å². The molecule has 1 saturated heterocycles. The third-order valence-corrected chi connectivity index (χ3v) is 7.23. The van der Waals surface area contributed by atoms with Crippen LogP contribution in [0.15, 0.2) is 12.3 Å². The highest BCUT2D eigenvalue weighted by molar-refractivity contribution is 5.44. The minimum Gasteiger partial charge on any atom is -0.355 e. The minimum atomic E-state index is 0.515. The molecule has 5 rings (SSSR count). The van der Waals surface area contributed by atoms with Gasteiger partial charge in [-0.1, -0.05) is 20.8 Å². The molecule has 5 unspecified atom stereocenters. The van der Waals surface area contributed by atoms with Crippen molar-refractivity contribution in [2.75, 3.05) is 30.4 Å². The first-order valence-corrected chi connectivity index (χ1v) is 9.51. The molecule has 3 aliphatic carbocycles. The van der Waals surface area contributed by atoms with Crippen LogP contribution in [0.3, 0.4) is 0 Å². The maximum atomic E-state index is 4.80. The van der Waals surface area contributed by atoms with Crippen molar-refractivity contribution < 1.29 is 0 Å². The van der Waals surface area contributed by atoms with Gasteiger partial charge in [-0.25, -0.2) is 4.98 Å². The summed E-state index contributed by atoms with van der Waals surface area (Å²) < 4.78 is 0. The van der Waals surface area contributed by atoms with Gasteiger partial charge in [-0.3, -0.25) is 0 Å². The Kier molecular flexibility index (Phi) is 3.94. The van der Waals surface area contributed by atoms with Gasteiger partial charge in [0.25, 0.3) is 0 Å². The fraction of sp³-hybridized carbons (Fsp3) is 0.789. The van der Waals surface area contributed by atoms with E-state index in [4.69, 9.17) is 4.98 Å². The third-order valence-electron chi connectivity index (χ3n) is 7.23. The highest BCUT2D eigenvalue weighted by atomic mass is 15.3. The van der Waals surface area contributed by atoms with Gasteiger partial charge in [0.05, 0.1) is 0 Å². The molecule has 4 fully saturated rings. The van der Waals surface area contributed by atoms with E-state index in [0.717, 1.165) is 36.7 Å². The van der Waals surface area contributed by atoms with Crippen LogP contribution in [0, 0.1) is 23.2 Å². The summed E-state index contributed by atoms with van der Waals surface area (Å²) in [4.78, 5) is 11.7. The Bertz CT molecular complexity index is 601. The molecular weight excluding hydrogens is 298 g/mol. The van der Waals surface area contributed by atoms with E-state index in [2.05, 4.69) is 41.3 Å². The lowest BCUT2D eigenvalue weighted by Gasteiger charge is -2.62. The molecule has 24 heavy (non-hydrogen) atoms. The maximum absolute atomic E-state index is 4.80. The standard InChI is InChI=1S/C19H31N5/c1-12-15-9-13(19(15,2)3)10-16(12)22-18-21-7-5-17(23-18)24-8-6-14(11-24)20-4/h5,7,12-16,20H,6,8-11H2,1-4H3,(H,21,22,23). The Labute approximate surface area is 145 Å². The number of aromatic nitrogens is 2. The zero-order valence-electron chi connectivity index (χ0n) is 15.4. The van der Waals surface area contributed by atoms with E-state index in [1.54, 1.807) is 0 Å². The third kappa shape index (κ3) is 2.57. The highest BCUT2D eigenvalue weighted by Crippen LogP contribution is 2.61. The second-order valence-corrected chi connectivity index (χ2v) is 8.66. The van der Waals surface area contributed by atoms with Crippen molar-refractivity contribution in [3.63, 3.8) is 0 Å². The van der Waals surface area contributed by atoms with Gasteiger partial charge in [0, 0.05) is 31.4 Å². The van der Waals surface area contributed by atoms with Crippen molar-refractivity contribution in [2.24, 2.45) is 23.2 Å². The first kappa shape index (κ1) is 16.1. The molecule has 0 spiro atoms. The molecule has 3 saturated carbocycles. The van der Waals surface area contributed by atoms with E-state index in [1.165, 1.54) is 19.3 Å². The summed E-state index contributed by atoms with van der Waals surface area (Å²) in [6, 6.07) is 3.12. The van der Waals surface area contributed by atoms with Crippen molar-refractivity contribution >= 4 is 11.8 Å². The van der Waals surface area contributed by atoms with Crippen LogP contribution in [0.5, 0.6) is 0 Å². The molecule has 2 bridgehead atoms. The smallest absolute Gasteiger partial charge is 0.224 e. The van der Waals surface area contributed by atoms with E-state index >= 15 is 0 Å². The number of anilines is 2. The monoisotopic (exact) mass is 329 g/mol. The maximum Gasteiger partial charge on any atom is 0.224 e. The van der Waals surface area contributed by atoms with Crippen LogP contribution in [0.4, 0.5) is 11.8 Å². The molecule has 1 aromatic heterocycles. The summed E-state index contributed by atoms with van der Waals surface area (Å²) in [5, 5.41) is 7.02. The molecule has 4 aliphatic rings. The molecule has 0 aromatic carbocycles. The molecule has 5 nitrogen and oxygen atoms in total. The van der Waals surface area contributed by atoms with Gasteiger partial charge in [0.2, 0.25) is 5.95 Å². The average Bonchev–Trinajstić information content (AvgIpc) is 3.05. The molecule has 0 radical (unpaired) electrons. The van der Waals surface area contributed by atoms with E-state index in [0.29, 0.717) is 23.4 Å². The SMILES string of the molecule is CNC1CCN(c2ccnc(NC3CC4CC(C3C)C4(C)C)n2)C1. The normalized spacial score (nSPS) is 37.2. The summed E-state index contributed by atoms with van der Waals surface area (Å²) in [6.07, 6.45) is 5.74. The summed E-state index contributed by atoms with van der Waals surface area (Å²) in [7, 11) is 2.04. The Hall–Kier alpha value is -1.36. The number of likely N-dealkylation sites (N-methyl/N-ethyl adjacent to an activating group) is 1. The topological polar surface area (TPSA) is 53.1 Å². The number of hydrogen-bond acceptors (Lipinski definition) is 5. The predicted octanol–water partition coefficient (Wildman–Crippen LogP) is 2.76. The first-order valence-electron chi connectivity index (χ1n) is 9.51. The Balaban J connectivity index is 1.44. The number of rotatable bonds is 4. The molecule has 2 N–H and O–H groups in total. The Morgan fingerprint density at radius 3 is 2.79 bits per heavy atom. The number of fused-ring (bicyclic) bond motifs is 2. The molecule has 1 aliphatic heterocycles. The quantitative estimate of drug-likeness (QED) is 0.889. The summed E-state index contributed by atoms with van der Waals surface area (Å²) >= 11 is 0. The molecule has 0 amide bonds. The lowest BCUT2D eigenvalue weighted by atomic mass is 9.45. The summed E-state index contributed by atoms with van der Waals surface area (Å²) in [5.41, 5.74) is 0.526. The van der Waals surface area contributed by atoms with Crippen LogP contribution in [0.25, 0.3) is 0 Å². The van der Waals surface area contributed by atoms with Crippen LogP contribution in [-0.4, -0.2) is 42.2 Å². The largest absolute Gasteiger partial charge is 0.355 e. The van der Waals surface area contributed by atoms with Gasteiger partial charge in [-0.05, 0) is 55.5 Å². The summed E-state index contributed by atoms with van der Waals surface area (Å²) in [5.74, 6) is 4.24. The van der Waals surface area contributed by atoms with Gasteiger partial charge in [0.15, 0.2) is 0 Å². The second kappa shape index (κ2) is 5.87. The van der Waals surface area contributed by atoms with E-state index in [1.807, 2.05) is 19.3 Å². The van der Waals surface area contributed by atoms with Crippen LogP contribution in [0.1, 0.15) is 40.0 Å². The van der Waals surface area contributed by atoms with Crippen LogP contribution < -0.4 is 15.5 Å². The molecule has 5 heteroatoms. The lowest BCUT2D eigenvalue weighted by Crippen LogP contribution is -2.58. The van der Waals surface area contributed by atoms with Crippen molar-refractivity contribution in [3.05, 3.63) is 12.3 Å². The van der Waals surface area contributed by atoms with Crippen molar-refractivity contribution in [2.45, 2.75) is 52.1 Å². The van der Waals surface area contributed by atoms with Crippen molar-refractivity contribution in [1.82, 2.24) is 15.3 Å². The van der Waals surface area contributed by atoms with Gasteiger partial charge in [-0.15, -0.1) is 0 Å².